The van der Waals surface area contributed by atoms with E-state index in [1.54, 1.807) is 0 Å². The Morgan fingerprint density at radius 2 is 2.15 bits per heavy atom. The molecule has 0 atom stereocenters. The molecule has 0 bridgehead atoms. The first-order valence-corrected chi connectivity index (χ1v) is 5.11. The van der Waals surface area contributed by atoms with E-state index in [2.05, 4.69) is 15.0 Å². The molecule has 0 aliphatic heterocycles. The minimum atomic E-state index is 0.244. The third kappa shape index (κ3) is 3.16. The first-order chi connectivity index (χ1) is 6.26. The maximum atomic E-state index is 5.48. The highest BCUT2D eigenvalue weighted by Crippen LogP contribution is 2.09. The van der Waals surface area contributed by atoms with Crippen LogP contribution in [0, 0.1) is 0 Å². The first kappa shape index (κ1) is 10.2. The predicted octanol–water partition coefficient (Wildman–Crippen LogP) is 0.712. The molecule has 0 saturated heterocycles. The van der Waals surface area contributed by atoms with Gasteiger partial charge in [-0.15, -0.1) is 0 Å². The van der Waals surface area contributed by atoms with E-state index in [0.717, 1.165) is 0 Å². The fraction of sp³-hybridized carbons (Fsp3) is 0.571. The largest absolute Gasteiger partial charge is 0.374 e. The molecule has 0 amide bonds. The summed E-state index contributed by atoms with van der Waals surface area (Å²) in [5, 5.41) is 0.627. The van der Waals surface area contributed by atoms with Gasteiger partial charge in [-0.05, 0) is 13.2 Å². The van der Waals surface area contributed by atoms with Crippen LogP contribution >= 0.6 is 11.8 Å². The third-order valence-corrected chi connectivity index (χ3v) is 1.84. The molecule has 0 aromatic carbocycles. The number of aromatic nitrogens is 3. The van der Waals surface area contributed by atoms with E-state index in [0.29, 0.717) is 24.2 Å². The van der Waals surface area contributed by atoms with Crippen molar-refractivity contribution in [1.29, 1.82) is 0 Å². The minimum absolute atomic E-state index is 0.244. The number of hydrogen-bond donors (Lipinski definition) is 1. The van der Waals surface area contributed by atoms with Crippen LogP contribution in [0.4, 0.5) is 5.95 Å². The lowest BCUT2D eigenvalue weighted by molar-refractivity contribution is 0.127. The average Bonchev–Trinajstić information content (AvgIpc) is 2.14. The van der Waals surface area contributed by atoms with Crippen LogP contribution in [0.15, 0.2) is 5.16 Å². The summed E-state index contributed by atoms with van der Waals surface area (Å²) in [5.74, 6) is 0.827. The van der Waals surface area contributed by atoms with E-state index < -0.39 is 0 Å². The monoisotopic (exact) mass is 200 g/mol. The zero-order valence-corrected chi connectivity index (χ0v) is 8.47. The summed E-state index contributed by atoms with van der Waals surface area (Å²) in [4.78, 5) is 12.0. The molecule has 1 aromatic heterocycles. The standard InChI is InChI=1S/C7H12N4OS/c1-3-12-4-5-9-6(8)11-7(10-5)13-2/h3-4H2,1-2H3,(H2,8,9,10,11). The van der Waals surface area contributed by atoms with E-state index in [1.807, 2.05) is 13.2 Å². The molecule has 0 aliphatic carbocycles. The molecule has 5 nitrogen and oxygen atoms in total. The maximum Gasteiger partial charge on any atom is 0.224 e. The lowest BCUT2D eigenvalue weighted by Gasteiger charge is -2.02. The molecule has 0 spiro atoms. The quantitative estimate of drug-likeness (QED) is 0.722. The van der Waals surface area contributed by atoms with Gasteiger partial charge >= 0.3 is 0 Å². The summed E-state index contributed by atoms with van der Waals surface area (Å²) in [6.07, 6.45) is 1.89. The maximum absolute atomic E-state index is 5.48. The summed E-state index contributed by atoms with van der Waals surface area (Å²) in [7, 11) is 0. The van der Waals surface area contributed by atoms with Crippen LogP contribution in [0.5, 0.6) is 0 Å². The molecule has 0 unspecified atom stereocenters. The molecule has 1 heterocycles. The van der Waals surface area contributed by atoms with Crippen LogP contribution in [0.3, 0.4) is 0 Å². The summed E-state index contributed by atoms with van der Waals surface area (Å²) in [6.45, 7) is 2.94. The summed E-state index contributed by atoms with van der Waals surface area (Å²) in [6, 6.07) is 0. The van der Waals surface area contributed by atoms with Gasteiger partial charge in [0.15, 0.2) is 11.0 Å². The number of nitrogens with two attached hydrogens (primary N) is 1. The molecule has 0 radical (unpaired) electrons. The van der Waals surface area contributed by atoms with Gasteiger partial charge in [0.1, 0.15) is 6.61 Å². The second kappa shape index (κ2) is 4.98. The zero-order chi connectivity index (χ0) is 9.68. The van der Waals surface area contributed by atoms with Gasteiger partial charge in [0.05, 0.1) is 0 Å². The van der Waals surface area contributed by atoms with E-state index >= 15 is 0 Å². The number of rotatable bonds is 4. The van der Waals surface area contributed by atoms with Gasteiger partial charge in [0, 0.05) is 6.61 Å². The molecule has 72 valence electrons. The summed E-state index contributed by atoms with van der Waals surface area (Å²) >= 11 is 1.43. The van der Waals surface area contributed by atoms with Gasteiger partial charge < -0.3 is 10.5 Å². The molecule has 0 fully saturated rings. The Bertz CT molecular complexity index is 281. The Labute approximate surface area is 81.1 Å². The number of hydrogen-bond acceptors (Lipinski definition) is 6. The Kier molecular flexibility index (Phi) is 3.91. The summed E-state index contributed by atoms with van der Waals surface area (Å²) < 4.78 is 5.16. The van der Waals surface area contributed by atoms with Crippen LogP contribution in [0.1, 0.15) is 12.7 Å². The Hall–Kier alpha value is -0.880. The fourth-order valence-corrected chi connectivity index (χ4v) is 1.15. The van der Waals surface area contributed by atoms with Crippen molar-refractivity contribution < 1.29 is 4.74 Å². The van der Waals surface area contributed by atoms with Crippen molar-refractivity contribution in [1.82, 2.24) is 15.0 Å². The van der Waals surface area contributed by atoms with Gasteiger partial charge in [-0.3, -0.25) is 0 Å². The number of thioether (sulfide) groups is 1. The van der Waals surface area contributed by atoms with Gasteiger partial charge in [0.25, 0.3) is 0 Å². The van der Waals surface area contributed by atoms with E-state index in [9.17, 15) is 0 Å². The van der Waals surface area contributed by atoms with Crippen molar-refractivity contribution in [2.45, 2.75) is 18.7 Å². The van der Waals surface area contributed by atoms with Crippen molar-refractivity contribution in [3.63, 3.8) is 0 Å². The third-order valence-electron chi connectivity index (χ3n) is 1.30. The lowest BCUT2D eigenvalue weighted by Crippen LogP contribution is -2.05. The molecule has 13 heavy (non-hydrogen) atoms. The smallest absolute Gasteiger partial charge is 0.224 e. The van der Waals surface area contributed by atoms with Crippen molar-refractivity contribution >= 4 is 17.7 Å². The highest BCUT2D eigenvalue weighted by molar-refractivity contribution is 7.98. The number of nitrogens with zero attached hydrogens (tertiary/aromatic N) is 3. The Morgan fingerprint density at radius 3 is 2.77 bits per heavy atom. The topological polar surface area (TPSA) is 73.9 Å². The minimum Gasteiger partial charge on any atom is -0.374 e. The predicted molar refractivity (Wildman–Crippen MR) is 51.4 cm³/mol. The van der Waals surface area contributed by atoms with Crippen LogP contribution in [0.2, 0.25) is 0 Å². The van der Waals surface area contributed by atoms with Gasteiger partial charge in [0.2, 0.25) is 5.95 Å². The zero-order valence-electron chi connectivity index (χ0n) is 7.65. The average molecular weight is 200 g/mol. The highest BCUT2D eigenvalue weighted by Gasteiger charge is 2.02. The first-order valence-electron chi connectivity index (χ1n) is 3.88. The second-order valence-electron chi connectivity index (χ2n) is 2.23. The molecule has 1 rings (SSSR count). The van der Waals surface area contributed by atoms with Crippen LogP contribution in [-0.4, -0.2) is 27.8 Å². The van der Waals surface area contributed by atoms with E-state index in [-0.39, 0.29) is 5.95 Å². The summed E-state index contributed by atoms with van der Waals surface area (Å²) in [5.41, 5.74) is 5.48. The van der Waals surface area contributed by atoms with Crippen molar-refractivity contribution in [3.05, 3.63) is 5.82 Å². The normalized spacial score (nSPS) is 10.3. The Morgan fingerprint density at radius 1 is 1.38 bits per heavy atom. The van der Waals surface area contributed by atoms with Gasteiger partial charge in [-0.2, -0.15) is 9.97 Å². The van der Waals surface area contributed by atoms with E-state index in [4.69, 9.17) is 10.5 Å². The number of nitrogen functional groups attached to an aromatic ring is 1. The van der Waals surface area contributed by atoms with Crippen LogP contribution < -0.4 is 5.73 Å². The molecule has 1 aromatic rings. The van der Waals surface area contributed by atoms with Gasteiger partial charge in [-0.25, -0.2) is 4.98 Å². The Balaban J connectivity index is 2.76. The lowest BCUT2D eigenvalue weighted by atomic mass is 10.6. The highest BCUT2D eigenvalue weighted by atomic mass is 32.2. The van der Waals surface area contributed by atoms with Crippen molar-refractivity contribution in [2.75, 3.05) is 18.6 Å². The van der Waals surface area contributed by atoms with E-state index in [1.165, 1.54) is 11.8 Å². The van der Waals surface area contributed by atoms with Crippen LogP contribution in [-0.2, 0) is 11.3 Å². The molecule has 6 heteroatoms. The van der Waals surface area contributed by atoms with Crippen LogP contribution in [0.25, 0.3) is 0 Å². The molecular formula is C7H12N4OS. The molecule has 2 N–H and O–H groups in total. The SMILES string of the molecule is CCOCc1nc(N)nc(SC)n1. The number of ether oxygens (including phenoxy) is 1. The van der Waals surface area contributed by atoms with Crippen molar-refractivity contribution in [2.24, 2.45) is 0 Å². The van der Waals surface area contributed by atoms with Gasteiger partial charge in [-0.1, -0.05) is 11.8 Å². The van der Waals surface area contributed by atoms with Crippen molar-refractivity contribution in [3.8, 4) is 0 Å². The second-order valence-corrected chi connectivity index (χ2v) is 3.01. The fourth-order valence-electron chi connectivity index (χ4n) is 0.765. The number of anilines is 1. The molecular weight excluding hydrogens is 188 g/mol. The molecule has 0 saturated carbocycles. The molecule has 0 aliphatic rings.